The number of halogens is 3. The Bertz CT molecular complexity index is 674. The van der Waals surface area contributed by atoms with Crippen LogP contribution in [0, 0.1) is 0 Å². The number of rotatable bonds is 5. The Kier molecular flexibility index (Phi) is 5.51. The molecule has 0 aliphatic rings. The van der Waals surface area contributed by atoms with Crippen molar-refractivity contribution in [2.24, 2.45) is 0 Å². The van der Waals surface area contributed by atoms with Gasteiger partial charge in [-0.25, -0.2) is 0 Å². The van der Waals surface area contributed by atoms with E-state index in [-0.39, 0.29) is 6.61 Å². The molecule has 110 valence electrons. The summed E-state index contributed by atoms with van der Waals surface area (Å²) < 4.78 is 11.6. The predicted octanol–water partition coefficient (Wildman–Crippen LogP) is 5.16. The van der Waals surface area contributed by atoms with Crippen molar-refractivity contribution in [3.05, 3.63) is 56.0 Å². The molecule has 0 aliphatic carbocycles. The second-order valence-corrected chi connectivity index (χ2v) is 5.79. The van der Waals surface area contributed by atoms with Gasteiger partial charge in [0.15, 0.2) is 11.5 Å². The Morgan fingerprint density at radius 1 is 1.29 bits per heavy atom. The third-order valence-corrected chi connectivity index (χ3v) is 4.24. The zero-order valence-electron chi connectivity index (χ0n) is 11.0. The summed E-state index contributed by atoms with van der Waals surface area (Å²) in [4.78, 5) is 10.9. The van der Waals surface area contributed by atoms with E-state index in [9.17, 15) is 4.79 Å². The minimum Gasteiger partial charge on any atom is -0.493 e. The molecule has 0 spiro atoms. The number of methoxy groups -OCH3 is 1. The largest absolute Gasteiger partial charge is 0.493 e. The van der Waals surface area contributed by atoms with E-state index in [1.54, 1.807) is 24.3 Å². The number of aldehydes is 1. The van der Waals surface area contributed by atoms with E-state index in [0.717, 1.165) is 11.8 Å². The summed E-state index contributed by atoms with van der Waals surface area (Å²) in [5, 5.41) is 0.930. The van der Waals surface area contributed by atoms with Crippen LogP contribution < -0.4 is 9.47 Å². The first kappa shape index (κ1) is 16.1. The van der Waals surface area contributed by atoms with Crippen LogP contribution in [0.5, 0.6) is 11.5 Å². The van der Waals surface area contributed by atoms with Gasteiger partial charge in [0.2, 0.25) is 0 Å². The van der Waals surface area contributed by atoms with Crippen LogP contribution in [0.3, 0.4) is 0 Å². The summed E-state index contributed by atoms with van der Waals surface area (Å²) in [6.45, 7) is 0.231. The lowest BCUT2D eigenvalue weighted by Crippen LogP contribution is -2.00. The molecule has 21 heavy (non-hydrogen) atoms. The van der Waals surface area contributed by atoms with Crippen LogP contribution in [-0.4, -0.2) is 13.4 Å². The topological polar surface area (TPSA) is 35.5 Å². The maximum Gasteiger partial charge on any atom is 0.175 e. The number of carbonyl (C=O) groups is 1. The van der Waals surface area contributed by atoms with Crippen molar-refractivity contribution in [3.63, 3.8) is 0 Å². The zero-order chi connectivity index (χ0) is 15.4. The summed E-state index contributed by atoms with van der Waals surface area (Å²) in [7, 11) is 1.51. The first-order valence-corrected chi connectivity index (χ1v) is 7.50. The van der Waals surface area contributed by atoms with Crippen LogP contribution in [0.4, 0.5) is 0 Å². The molecule has 0 aliphatic heterocycles. The lowest BCUT2D eigenvalue weighted by Gasteiger charge is -2.14. The fourth-order valence-electron chi connectivity index (χ4n) is 1.76. The average molecular weight is 390 g/mol. The van der Waals surface area contributed by atoms with Crippen LogP contribution in [0.1, 0.15) is 15.9 Å². The Hall–Kier alpha value is -1.23. The highest BCUT2D eigenvalue weighted by Crippen LogP contribution is 2.37. The summed E-state index contributed by atoms with van der Waals surface area (Å²) >= 11 is 15.4. The summed E-state index contributed by atoms with van der Waals surface area (Å²) in [5.74, 6) is 0.962. The van der Waals surface area contributed by atoms with Gasteiger partial charge >= 0.3 is 0 Å². The Morgan fingerprint density at radius 3 is 2.71 bits per heavy atom. The molecule has 0 radical (unpaired) electrons. The molecule has 3 nitrogen and oxygen atoms in total. The van der Waals surface area contributed by atoms with Gasteiger partial charge in [0.25, 0.3) is 0 Å². The Morgan fingerprint density at radius 2 is 2.05 bits per heavy atom. The zero-order valence-corrected chi connectivity index (χ0v) is 14.1. The number of carbonyl (C=O) groups excluding carboxylic acids is 1. The maximum atomic E-state index is 10.9. The van der Waals surface area contributed by atoms with Crippen molar-refractivity contribution in [1.29, 1.82) is 0 Å². The second-order valence-electron chi connectivity index (χ2n) is 4.15. The molecule has 0 N–H and O–H groups in total. The second kappa shape index (κ2) is 7.16. The quantitative estimate of drug-likeness (QED) is 0.663. The average Bonchev–Trinajstić information content (AvgIpc) is 2.49. The number of hydrogen-bond donors (Lipinski definition) is 0. The highest BCUT2D eigenvalue weighted by Gasteiger charge is 2.13. The van der Waals surface area contributed by atoms with Crippen LogP contribution in [-0.2, 0) is 6.61 Å². The fourth-order valence-corrected chi connectivity index (χ4v) is 2.71. The summed E-state index contributed by atoms with van der Waals surface area (Å²) in [6.07, 6.45) is 0.741. The van der Waals surface area contributed by atoms with Gasteiger partial charge in [0.1, 0.15) is 12.9 Å². The van der Waals surface area contributed by atoms with Crippen molar-refractivity contribution in [3.8, 4) is 11.5 Å². The maximum absolute atomic E-state index is 10.9. The van der Waals surface area contributed by atoms with Crippen LogP contribution >= 0.6 is 39.1 Å². The van der Waals surface area contributed by atoms with Gasteiger partial charge in [-0.05, 0) is 34.1 Å². The third-order valence-electron chi connectivity index (χ3n) is 2.79. The molecular weight excluding hydrogens is 379 g/mol. The fraction of sp³-hybridized carbons (Fsp3) is 0.133. The molecule has 0 atom stereocenters. The molecule has 0 fully saturated rings. The molecule has 0 amide bonds. The molecule has 0 unspecified atom stereocenters. The minimum atomic E-state index is 0.231. The molecule has 2 rings (SSSR count). The van der Waals surface area contributed by atoms with E-state index in [0.29, 0.717) is 31.6 Å². The van der Waals surface area contributed by atoms with Gasteiger partial charge in [0, 0.05) is 11.1 Å². The normalized spacial score (nSPS) is 10.3. The van der Waals surface area contributed by atoms with E-state index in [1.807, 2.05) is 6.07 Å². The lowest BCUT2D eigenvalue weighted by atomic mass is 10.2. The van der Waals surface area contributed by atoms with Crippen LogP contribution in [0.15, 0.2) is 34.8 Å². The monoisotopic (exact) mass is 388 g/mol. The van der Waals surface area contributed by atoms with Gasteiger partial charge in [-0.1, -0.05) is 35.3 Å². The molecule has 0 saturated heterocycles. The lowest BCUT2D eigenvalue weighted by molar-refractivity contribution is 0.112. The molecule has 2 aromatic carbocycles. The molecule has 0 saturated carbocycles. The summed E-state index contributed by atoms with van der Waals surface area (Å²) in [6, 6.07) is 8.60. The van der Waals surface area contributed by atoms with E-state index in [4.69, 9.17) is 32.7 Å². The van der Waals surface area contributed by atoms with Crippen molar-refractivity contribution < 1.29 is 14.3 Å². The van der Waals surface area contributed by atoms with E-state index in [2.05, 4.69) is 15.9 Å². The molecule has 0 aromatic heterocycles. The Balaban J connectivity index is 2.27. The third kappa shape index (κ3) is 3.70. The molecule has 2 aromatic rings. The van der Waals surface area contributed by atoms with Gasteiger partial charge in [-0.15, -0.1) is 0 Å². The van der Waals surface area contributed by atoms with Gasteiger partial charge in [-0.3, -0.25) is 4.79 Å². The molecule has 6 heteroatoms. The highest BCUT2D eigenvalue weighted by atomic mass is 79.9. The van der Waals surface area contributed by atoms with Gasteiger partial charge in [0.05, 0.1) is 21.6 Å². The molecular formula is C15H11BrCl2O3. The number of hydrogen-bond acceptors (Lipinski definition) is 3. The smallest absolute Gasteiger partial charge is 0.175 e. The first-order chi connectivity index (χ1) is 10.1. The highest BCUT2D eigenvalue weighted by molar-refractivity contribution is 9.10. The van der Waals surface area contributed by atoms with Crippen LogP contribution in [0.25, 0.3) is 0 Å². The number of benzene rings is 2. The van der Waals surface area contributed by atoms with Crippen molar-refractivity contribution >= 4 is 45.4 Å². The van der Waals surface area contributed by atoms with Crippen LogP contribution in [0.2, 0.25) is 10.0 Å². The van der Waals surface area contributed by atoms with E-state index < -0.39 is 0 Å². The van der Waals surface area contributed by atoms with Crippen molar-refractivity contribution in [2.45, 2.75) is 6.61 Å². The van der Waals surface area contributed by atoms with Gasteiger partial charge in [-0.2, -0.15) is 0 Å². The van der Waals surface area contributed by atoms with Gasteiger partial charge < -0.3 is 9.47 Å². The Labute approximate surface area is 140 Å². The molecule has 0 heterocycles. The SMILES string of the molecule is COc1cc(C=O)cc(Br)c1OCc1cccc(Cl)c1Cl. The van der Waals surface area contributed by atoms with Crippen molar-refractivity contribution in [2.75, 3.05) is 7.11 Å². The predicted molar refractivity (Wildman–Crippen MR) is 86.9 cm³/mol. The van der Waals surface area contributed by atoms with Crippen molar-refractivity contribution in [1.82, 2.24) is 0 Å². The first-order valence-electron chi connectivity index (χ1n) is 5.95. The standard InChI is InChI=1S/C15H11BrCl2O3/c1-20-13-6-9(7-19)5-11(16)15(13)21-8-10-3-2-4-12(17)14(10)18/h2-7H,8H2,1H3. The summed E-state index contributed by atoms with van der Waals surface area (Å²) in [5.41, 5.74) is 1.25. The number of ether oxygens (including phenoxy) is 2. The van der Waals surface area contributed by atoms with E-state index in [1.165, 1.54) is 7.11 Å². The molecule has 0 bridgehead atoms. The minimum absolute atomic E-state index is 0.231. The van der Waals surface area contributed by atoms with E-state index >= 15 is 0 Å².